The van der Waals surface area contributed by atoms with Gasteiger partial charge in [0.2, 0.25) is 5.88 Å². The molecule has 0 aliphatic rings. The van der Waals surface area contributed by atoms with E-state index >= 15 is 0 Å². The number of hydrogen-bond donors (Lipinski definition) is 1. The smallest absolute Gasteiger partial charge is 0.242 e. The maximum absolute atomic E-state index is 5.98. The van der Waals surface area contributed by atoms with E-state index in [0.717, 1.165) is 0 Å². The molecule has 0 saturated carbocycles. The van der Waals surface area contributed by atoms with Crippen molar-refractivity contribution >= 4 is 23.2 Å². The molecule has 0 saturated heterocycles. The molecule has 0 spiro atoms. The number of halogens is 2. The summed E-state index contributed by atoms with van der Waals surface area (Å²) in [4.78, 5) is 8.11. The zero-order valence-electron chi connectivity index (χ0n) is 8.73. The standard InChI is InChI=1S/C11H9Cl2N3O/c12-7-1-2-8(13)10(5-7)17-11-9(6-14)15-3-4-16-11/h1-5H,6,14H2. The summed E-state index contributed by atoms with van der Waals surface area (Å²) < 4.78 is 5.54. The Bertz CT molecular complexity index is 534. The molecule has 88 valence electrons. The highest BCUT2D eigenvalue weighted by Gasteiger charge is 2.09. The van der Waals surface area contributed by atoms with E-state index < -0.39 is 0 Å². The number of ether oxygens (including phenoxy) is 1. The molecule has 4 nitrogen and oxygen atoms in total. The topological polar surface area (TPSA) is 61.0 Å². The predicted octanol–water partition coefficient (Wildman–Crippen LogP) is 3.03. The predicted molar refractivity (Wildman–Crippen MR) is 66.5 cm³/mol. The van der Waals surface area contributed by atoms with Gasteiger partial charge in [-0.25, -0.2) is 4.98 Å². The normalized spacial score (nSPS) is 10.3. The van der Waals surface area contributed by atoms with Crippen LogP contribution in [0.3, 0.4) is 0 Å². The van der Waals surface area contributed by atoms with E-state index in [9.17, 15) is 0 Å². The van der Waals surface area contributed by atoms with E-state index in [2.05, 4.69) is 9.97 Å². The Morgan fingerprint density at radius 3 is 2.71 bits per heavy atom. The lowest BCUT2D eigenvalue weighted by atomic mass is 10.3. The Morgan fingerprint density at radius 1 is 1.18 bits per heavy atom. The molecule has 1 aromatic heterocycles. The van der Waals surface area contributed by atoms with Crippen LogP contribution in [-0.4, -0.2) is 9.97 Å². The molecule has 0 aliphatic carbocycles. The van der Waals surface area contributed by atoms with Crippen LogP contribution < -0.4 is 10.5 Å². The number of benzene rings is 1. The summed E-state index contributed by atoms with van der Waals surface area (Å²) in [7, 11) is 0. The van der Waals surface area contributed by atoms with E-state index in [-0.39, 0.29) is 6.54 Å². The van der Waals surface area contributed by atoms with Crippen molar-refractivity contribution in [3.8, 4) is 11.6 Å². The van der Waals surface area contributed by atoms with Crippen molar-refractivity contribution < 1.29 is 4.74 Å². The van der Waals surface area contributed by atoms with Gasteiger partial charge in [0.15, 0.2) is 0 Å². The number of aromatic nitrogens is 2. The van der Waals surface area contributed by atoms with Gasteiger partial charge >= 0.3 is 0 Å². The molecule has 2 N–H and O–H groups in total. The van der Waals surface area contributed by atoms with Gasteiger partial charge in [0.25, 0.3) is 0 Å². The van der Waals surface area contributed by atoms with Crippen molar-refractivity contribution in [1.29, 1.82) is 0 Å². The van der Waals surface area contributed by atoms with Crippen molar-refractivity contribution in [2.75, 3.05) is 0 Å². The van der Waals surface area contributed by atoms with Crippen molar-refractivity contribution in [3.05, 3.63) is 46.3 Å². The Labute approximate surface area is 108 Å². The lowest BCUT2D eigenvalue weighted by molar-refractivity contribution is 0.452. The molecule has 0 fully saturated rings. The number of nitrogens with two attached hydrogens (primary N) is 1. The van der Waals surface area contributed by atoms with Crippen molar-refractivity contribution in [2.45, 2.75) is 6.54 Å². The van der Waals surface area contributed by atoms with Crippen LogP contribution in [0.25, 0.3) is 0 Å². The monoisotopic (exact) mass is 269 g/mol. The Kier molecular flexibility index (Phi) is 3.78. The molecular formula is C11H9Cl2N3O. The highest BCUT2D eigenvalue weighted by atomic mass is 35.5. The molecule has 0 atom stereocenters. The third-order valence-electron chi connectivity index (χ3n) is 2.03. The van der Waals surface area contributed by atoms with Gasteiger partial charge in [0.05, 0.1) is 5.02 Å². The molecule has 0 amide bonds. The molecule has 2 rings (SSSR count). The highest BCUT2D eigenvalue weighted by molar-refractivity contribution is 6.34. The summed E-state index contributed by atoms with van der Waals surface area (Å²) >= 11 is 11.8. The first-order chi connectivity index (χ1) is 8.20. The fourth-order valence-electron chi connectivity index (χ4n) is 1.24. The largest absolute Gasteiger partial charge is 0.436 e. The minimum absolute atomic E-state index is 0.237. The first-order valence-electron chi connectivity index (χ1n) is 4.83. The molecule has 0 radical (unpaired) electrons. The van der Waals surface area contributed by atoms with Gasteiger partial charge < -0.3 is 10.5 Å². The van der Waals surface area contributed by atoms with Gasteiger partial charge in [-0.3, -0.25) is 4.98 Å². The van der Waals surface area contributed by atoms with Crippen LogP contribution in [0.5, 0.6) is 11.6 Å². The van der Waals surface area contributed by atoms with Gasteiger partial charge in [-0.15, -0.1) is 0 Å². The molecule has 1 heterocycles. The van der Waals surface area contributed by atoms with Gasteiger partial charge in [-0.05, 0) is 12.1 Å². The zero-order chi connectivity index (χ0) is 12.3. The molecule has 2 aromatic rings. The molecule has 0 unspecified atom stereocenters. The highest BCUT2D eigenvalue weighted by Crippen LogP contribution is 2.31. The van der Waals surface area contributed by atoms with E-state index in [1.165, 1.54) is 6.20 Å². The lowest BCUT2D eigenvalue weighted by Crippen LogP contribution is -2.03. The minimum atomic E-state index is 0.237. The van der Waals surface area contributed by atoms with E-state index in [1.807, 2.05) is 0 Å². The molecule has 0 aliphatic heterocycles. The molecule has 17 heavy (non-hydrogen) atoms. The Hall–Kier alpha value is -1.36. The minimum Gasteiger partial charge on any atom is -0.436 e. The first-order valence-corrected chi connectivity index (χ1v) is 5.59. The van der Waals surface area contributed by atoms with Gasteiger partial charge in [-0.1, -0.05) is 23.2 Å². The van der Waals surface area contributed by atoms with Gasteiger partial charge in [0.1, 0.15) is 11.4 Å². The number of nitrogens with zero attached hydrogens (tertiary/aromatic N) is 2. The van der Waals surface area contributed by atoms with Crippen LogP contribution in [0.15, 0.2) is 30.6 Å². The van der Waals surface area contributed by atoms with Gasteiger partial charge in [-0.2, -0.15) is 0 Å². The second kappa shape index (κ2) is 5.31. The average molecular weight is 270 g/mol. The summed E-state index contributed by atoms with van der Waals surface area (Å²) in [6, 6.07) is 4.94. The van der Waals surface area contributed by atoms with Crippen LogP contribution >= 0.6 is 23.2 Å². The Morgan fingerprint density at radius 2 is 1.94 bits per heavy atom. The second-order valence-corrected chi connectivity index (χ2v) is 4.03. The van der Waals surface area contributed by atoms with Crippen LogP contribution in [0.1, 0.15) is 5.69 Å². The summed E-state index contributed by atoms with van der Waals surface area (Å²) in [6.07, 6.45) is 3.07. The fourth-order valence-corrected chi connectivity index (χ4v) is 1.56. The lowest BCUT2D eigenvalue weighted by Gasteiger charge is -2.09. The van der Waals surface area contributed by atoms with Crippen LogP contribution in [-0.2, 0) is 6.54 Å². The second-order valence-electron chi connectivity index (χ2n) is 3.19. The fraction of sp³-hybridized carbons (Fsp3) is 0.0909. The molecule has 0 bridgehead atoms. The number of rotatable bonds is 3. The van der Waals surface area contributed by atoms with E-state index in [1.54, 1.807) is 24.4 Å². The van der Waals surface area contributed by atoms with Crippen LogP contribution in [0.4, 0.5) is 0 Å². The van der Waals surface area contributed by atoms with Crippen LogP contribution in [0, 0.1) is 0 Å². The SMILES string of the molecule is NCc1nccnc1Oc1cc(Cl)ccc1Cl. The Balaban J connectivity index is 2.34. The third kappa shape index (κ3) is 2.85. The van der Waals surface area contributed by atoms with Crippen molar-refractivity contribution in [1.82, 2.24) is 9.97 Å². The molecular weight excluding hydrogens is 261 g/mol. The maximum atomic E-state index is 5.98. The maximum Gasteiger partial charge on any atom is 0.242 e. The summed E-state index contributed by atoms with van der Waals surface area (Å²) in [5.41, 5.74) is 6.09. The average Bonchev–Trinajstić information content (AvgIpc) is 2.34. The van der Waals surface area contributed by atoms with Gasteiger partial charge in [0, 0.05) is 30.0 Å². The van der Waals surface area contributed by atoms with E-state index in [4.69, 9.17) is 33.7 Å². The summed E-state index contributed by atoms with van der Waals surface area (Å²) in [6.45, 7) is 0.237. The zero-order valence-corrected chi connectivity index (χ0v) is 10.2. The van der Waals surface area contributed by atoms with Crippen molar-refractivity contribution in [3.63, 3.8) is 0 Å². The molecule has 6 heteroatoms. The number of hydrogen-bond acceptors (Lipinski definition) is 4. The summed E-state index contributed by atoms with van der Waals surface area (Å²) in [5.74, 6) is 0.758. The van der Waals surface area contributed by atoms with Crippen LogP contribution in [0.2, 0.25) is 10.0 Å². The van der Waals surface area contributed by atoms with Crippen molar-refractivity contribution in [2.24, 2.45) is 5.73 Å². The quantitative estimate of drug-likeness (QED) is 0.931. The summed E-state index contributed by atoms with van der Waals surface area (Å²) in [5, 5.41) is 0.977. The third-order valence-corrected chi connectivity index (χ3v) is 2.58. The first kappa shape index (κ1) is 12.1. The molecule has 1 aromatic carbocycles. The van der Waals surface area contributed by atoms with E-state index in [0.29, 0.717) is 27.4 Å².